The summed E-state index contributed by atoms with van der Waals surface area (Å²) in [4.78, 5) is 7.34. The van der Waals surface area contributed by atoms with Crippen molar-refractivity contribution < 1.29 is 0 Å². The third-order valence-electron chi connectivity index (χ3n) is 8.04. The van der Waals surface area contributed by atoms with Crippen LogP contribution in [0.3, 0.4) is 0 Å². The first kappa shape index (κ1) is 22.8. The van der Waals surface area contributed by atoms with Crippen molar-refractivity contribution >= 4 is 38.9 Å². The Morgan fingerprint density at radius 3 is 1.95 bits per heavy atom. The zero-order valence-corrected chi connectivity index (χ0v) is 22.5. The largest absolute Gasteiger partial charge is 0.316 e. The van der Waals surface area contributed by atoms with Gasteiger partial charge in [-0.1, -0.05) is 72.8 Å². The first-order chi connectivity index (χ1) is 19.7. The molecule has 1 aliphatic heterocycles. The summed E-state index contributed by atoms with van der Waals surface area (Å²) in [6, 6.07) is 43.9. The van der Waals surface area contributed by atoms with Crippen molar-refractivity contribution in [3.8, 4) is 27.9 Å². The van der Waals surface area contributed by atoms with Crippen LogP contribution in [0, 0.1) is 13.8 Å². The summed E-state index contributed by atoms with van der Waals surface area (Å²) in [7, 11) is 0. The van der Waals surface area contributed by atoms with E-state index in [-0.39, 0.29) is 0 Å². The number of hydrogen-bond acceptors (Lipinski definition) is 2. The predicted molar refractivity (Wildman–Crippen MR) is 167 cm³/mol. The van der Waals surface area contributed by atoms with Gasteiger partial charge >= 0.3 is 0 Å². The van der Waals surface area contributed by atoms with E-state index in [9.17, 15) is 0 Å². The van der Waals surface area contributed by atoms with Gasteiger partial charge in [-0.25, -0.2) is 4.98 Å². The lowest BCUT2D eigenvalue weighted by molar-refractivity contribution is 1.12. The van der Waals surface area contributed by atoms with Crippen LogP contribution in [0.5, 0.6) is 0 Å². The first-order valence-corrected chi connectivity index (χ1v) is 13.7. The van der Waals surface area contributed by atoms with Crippen molar-refractivity contribution in [3.05, 3.63) is 139 Å². The van der Waals surface area contributed by atoms with E-state index in [1.807, 2.05) is 0 Å². The molecule has 0 unspecified atom stereocenters. The molecule has 3 nitrogen and oxygen atoms in total. The van der Waals surface area contributed by atoms with Gasteiger partial charge < -0.3 is 4.57 Å². The van der Waals surface area contributed by atoms with Crippen LogP contribution in [0.4, 0.5) is 17.2 Å². The molecule has 1 aliphatic rings. The molecule has 0 bridgehead atoms. The third-order valence-corrected chi connectivity index (χ3v) is 8.04. The van der Waals surface area contributed by atoms with Gasteiger partial charge in [-0.3, -0.25) is 4.90 Å². The topological polar surface area (TPSA) is 21.1 Å². The van der Waals surface area contributed by atoms with Crippen LogP contribution in [0.25, 0.3) is 49.6 Å². The Labute approximate surface area is 233 Å². The van der Waals surface area contributed by atoms with Gasteiger partial charge in [0, 0.05) is 33.8 Å². The van der Waals surface area contributed by atoms with E-state index in [0.29, 0.717) is 0 Å². The smallest absolute Gasteiger partial charge is 0.138 e. The average molecular weight is 514 g/mol. The van der Waals surface area contributed by atoms with Gasteiger partial charge in [0.1, 0.15) is 5.82 Å². The maximum Gasteiger partial charge on any atom is 0.138 e. The number of aromatic nitrogens is 2. The summed E-state index contributed by atoms with van der Waals surface area (Å²) < 4.78 is 2.33. The monoisotopic (exact) mass is 513 g/mol. The molecule has 0 saturated carbocycles. The van der Waals surface area contributed by atoms with Crippen molar-refractivity contribution in [2.24, 2.45) is 0 Å². The Bertz CT molecular complexity index is 2070. The average Bonchev–Trinajstić information content (AvgIpc) is 3.34. The predicted octanol–water partition coefficient (Wildman–Crippen LogP) is 9.91. The molecule has 40 heavy (non-hydrogen) atoms. The summed E-state index contributed by atoms with van der Waals surface area (Å²) in [5.41, 5.74) is 11.7. The molecule has 0 amide bonds. The fourth-order valence-electron chi connectivity index (χ4n) is 6.36. The summed E-state index contributed by atoms with van der Waals surface area (Å²) in [5, 5.41) is 3.71. The number of para-hydroxylation sites is 2. The molecule has 0 spiro atoms. The third kappa shape index (κ3) is 3.41. The van der Waals surface area contributed by atoms with E-state index in [1.54, 1.807) is 0 Å². The Hall–Kier alpha value is -5.15. The number of nitrogens with zero attached hydrogens (tertiary/aromatic N) is 3. The van der Waals surface area contributed by atoms with E-state index in [1.165, 1.54) is 55.2 Å². The Morgan fingerprint density at radius 1 is 0.525 bits per heavy atom. The molecule has 0 saturated heterocycles. The molecule has 7 aromatic rings. The second-order valence-electron chi connectivity index (χ2n) is 10.7. The lowest BCUT2D eigenvalue weighted by atomic mass is 9.93. The van der Waals surface area contributed by atoms with Gasteiger partial charge in [-0.15, -0.1) is 0 Å². The van der Waals surface area contributed by atoms with Crippen LogP contribution >= 0.6 is 0 Å². The molecule has 5 aromatic carbocycles. The van der Waals surface area contributed by atoms with Crippen LogP contribution in [0.15, 0.2) is 128 Å². The maximum absolute atomic E-state index is 5.01. The summed E-state index contributed by atoms with van der Waals surface area (Å²) in [5.74, 6) is 0.940. The fourth-order valence-corrected chi connectivity index (χ4v) is 6.36. The van der Waals surface area contributed by atoms with Crippen molar-refractivity contribution in [2.75, 3.05) is 4.90 Å². The minimum Gasteiger partial charge on any atom is -0.316 e. The molecule has 0 aliphatic carbocycles. The maximum atomic E-state index is 5.01. The molecular formula is C37H27N3. The second-order valence-corrected chi connectivity index (χ2v) is 10.7. The Kier molecular flexibility index (Phi) is 4.95. The molecule has 3 heterocycles. The van der Waals surface area contributed by atoms with Crippen molar-refractivity contribution in [3.63, 3.8) is 0 Å². The lowest BCUT2D eigenvalue weighted by Crippen LogP contribution is -2.13. The number of rotatable bonds is 2. The second kappa shape index (κ2) is 8.69. The van der Waals surface area contributed by atoms with E-state index >= 15 is 0 Å². The van der Waals surface area contributed by atoms with Crippen molar-refractivity contribution in [2.45, 2.75) is 13.8 Å². The van der Waals surface area contributed by atoms with Gasteiger partial charge in [-0.2, -0.15) is 0 Å². The van der Waals surface area contributed by atoms with Gasteiger partial charge in [0.25, 0.3) is 0 Å². The molecular weight excluding hydrogens is 486 g/mol. The summed E-state index contributed by atoms with van der Waals surface area (Å²) in [6.45, 7) is 4.21. The number of hydrogen-bond donors (Lipinski definition) is 0. The lowest BCUT2D eigenvalue weighted by Gasteiger charge is -2.26. The quantitative estimate of drug-likeness (QED) is 0.229. The summed E-state index contributed by atoms with van der Waals surface area (Å²) in [6.07, 6.45) is 2.20. The Balaban J connectivity index is 1.44. The van der Waals surface area contributed by atoms with Gasteiger partial charge in [0.2, 0.25) is 0 Å². The van der Waals surface area contributed by atoms with Gasteiger partial charge in [-0.05, 0) is 84.5 Å². The van der Waals surface area contributed by atoms with E-state index in [2.05, 4.69) is 151 Å². The number of benzene rings is 5. The van der Waals surface area contributed by atoms with E-state index in [0.717, 1.165) is 22.9 Å². The van der Waals surface area contributed by atoms with Crippen LogP contribution in [0.2, 0.25) is 0 Å². The normalized spacial score (nSPS) is 12.2. The van der Waals surface area contributed by atoms with Crippen LogP contribution in [0.1, 0.15) is 11.3 Å². The molecule has 0 radical (unpaired) electrons. The zero-order chi connectivity index (χ0) is 26.8. The number of fused-ring (bicyclic) bond motifs is 7. The minimum absolute atomic E-state index is 0.940. The van der Waals surface area contributed by atoms with E-state index in [4.69, 9.17) is 4.98 Å². The van der Waals surface area contributed by atoms with Crippen molar-refractivity contribution in [1.29, 1.82) is 0 Å². The highest BCUT2D eigenvalue weighted by Crippen LogP contribution is 2.51. The minimum atomic E-state index is 0.940. The zero-order valence-electron chi connectivity index (χ0n) is 22.5. The summed E-state index contributed by atoms with van der Waals surface area (Å²) >= 11 is 0. The number of anilines is 3. The van der Waals surface area contributed by atoms with Crippen LogP contribution < -0.4 is 4.90 Å². The van der Waals surface area contributed by atoms with Crippen molar-refractivity contribution in [1.82, 2.24) is 9.55 Å². The van der Waals surface area contributed by atoms with E-state index < -0.39 is 0 Å². The molecule has 3 heteroatoms. The standard InChI is InChI=1S/C37H27N3/c1-24-20-25(2)38-37(21-24)40-34-15-7-5-13-29(34)31-22-27-18-19-39(33-17-9-11-26-10-3-4-12-28(26)33)36(27)23-32(31)30-14-6-8-16-35(30)40/h3-23H,1-2H3. The molecule has 0 N–H and O–H groups in total. The molecule has 0 fully saturated rings. The number of aryl methyl sites for hydroxylation is 2. The van der Waals surface area contributed by atoms with Crippen LogP contribution in [-0.2, 0) is 0 Å². The first-order valence-electron chi connectivity index (χ1n) is 13.7. The molecule has 0 atom stereocenters. The highest BCUT2D eigenvalue weighted by molar-refractivity contribution is 6.06. The highest BCUT2D eigenvalue weighted by Gasteiger charge is 2.27. The molecule has 8 rings (SSSR count). The van der Waals surface area contributed by atoms with Gasteiger partial charge in [0.05, 0.1) is 22.6 Å². The molecule has 190 valence electrons. The Morgan fingerprint density at radius 2 is 1.18 bits per heavy atom. The molecule has 2 aromatic heterocycles. The van der Waals surface area contributed by atoms with Crippen LogP contribution in [-0.4, -0.2) is 9.55 Å². The van der Waals surface area contributed by atoms with Gasteiger partial charge in [0.15, 0.2) is 0 Å². The highest BCUT2D eigenvalue weighted by atomic mass is 15.2. The SMILES string of the molecule is Cc1cc(C)nc(N2c3ccccc3-c3cc4ccn(-c5cccc6ccccc56)c4cc3-c3ccccc32)c1. The number of pyridine rings is 1. The fraction of sp³-hybridized carbons (Fsp3) is 0.0541.